The van der Waals surface area contributed by atoms with E-state index in [2.05, 4.69) is 33.7 Å². The topological polar surface area (TPSA) is 54.4 Å². The lowest BCUT2D eigenvalue weighted by Crippen LogP contribution is -2.44. The molecule has 0 radical (unpaired) electrons. The highest BCUT2D eigenvalue weighted by atomic mass is 19.4. The molecule has 0 bridgehead atoms. The quantitative estimate of drug-likeness (QED) is 0.247. The predicted molar refractivity (Wildman–Crippen MR) is 146 cm³/mol. The zero-order valence-electron chi connectivity index (χ0n) is 22.1. The maximum absolute atomic E-state index is 12.4. The molecule has 1 aliphatic heterocycles. The monoisotopic (exact) mass is 539 g/mol. The first-order chi connectivity index (χ1) is 18.7. The fourth-order valence-corrected chi connectivity index (χ4v) is 4.37. The minimum Gasteiger partial charge on any atom is -0.466 e. The summed E-state index contributed by atoms with van der Waals surface area (Å²) in [4.78, 5) is 21.8. The van der Waals surface area contributed by atoms with E-state index in [1.54, 1.807) is 19.1 Å². The molecule has 206 valence electrons. The first kappa shape index (κ1) is 28.2. The number of anilines is 1. The summed E-state index contributed by atoms with van der Waals surface area (Å²) in [5.41, 5.74) is 5.10. The summed E-state index contributed by atoms with van der Waals surface area (Å²) in [5.74, 6) is -0.603. The molecule has 0 atom stereocenters. The van der Waals surface area contributed by atoms with Crippen LogP contribution in [0.1, 0.15) is 30.0 Å². The van der Waals surface area contributed by atoms with E-state index in [9.17, 15) is 18.0 Å². The third kappa shape index (κ3) is 8.58. The van der Waals surface area contributed by atoms with Crippen LogP contribution in [0.25, 0.3) is 0 Å². The standard InChI is InChI=1S/C30H32F3N3O3/c1-3-38-29(37)21-28(34-25-10-12-26(13-11-25)36-18-16-35(2)17-19-36)24-8-4-22(5-9-24)20-23-6-14-27(15-7-23)39-30(31,32)33/h4-15H,3,16-21H2,1-2H3. The number of likely N-dealkylation sites (N-methyl/N-ethyl adjacent to an activating group) is 1. The number of halogens is 3. The average molecular weight is 540 g/mol. The van der Waals surface area contributed by atoms with Gasteiger partial charge in [-0.2, -0.15) is 0 Å². The van der Waals surface area contributed by atoms with Crippen molar-refractivity contribution in [1.82, 2.24) is 4.90 Å². The van der Waals surface area contributed by atoms with Gasteiger partial charge in [0.15, 0.2) is 0 Å². The maximum atomic E-state index is 12.4. The lowest BCUT2D eigenvalue weighted by molar-refractivity contribution is -0.274. The molecule has 4 rings (SSSR count). The first-order valence-corrected chi connectivity index (χ1v) is 12.9. The van der Waals surface area contributed by atoms with E-state index in [-0.39, 0.29) is 24.7 Å². The van der Waals surface area contributed by atoms with E-state index in [4.69, 9.17) is 9.73 Å². The number of hydrogen-bond donors (Lipinski definition) is 0. The van der Waals surface area contributed by atoms with Gasteiger partial charge in [-0.1, -0.05) is 36.4 Å². The zero-order chi connectivity index (χ0) is 27.8. The minimum absolute atomic E-state index is 0.0358. The minimum atomic E-state index is -4.72. The molecule has 3 aromatic rings. The highest BCUT2D eigenvalue weighted by Gasteiger charge is 2.30. The second-order valence-corrected chi connectivity index (χ2v) is 9.41. The van der Waals surface area contributed by atoms with Gasteiger partial charge in [0.1, 0.15) is 5.75 Å². The Hall–Kier alpha value is -3.85. The number of nitrogens with zero attached hydrogens (tertiary/aromatic N) is 3. The van der Waals surface area contributed by atoms with Gasteiger partial charge in [-0.3, -0.25) is 9.79 Å². The average Bonchev–Trinajstić information content (AvgIpc) is 2.90. The van der Waals surface area contributed by atoms with Crippen molar-refractivity contribution in [3.63, 3.8) is 0 Å². The number of hydrogen-bond acceptors (Lipinski definition) is 6. The van der Waals surface area contributed by atoms with Crippen molar-refractivity contribution in [2.75, 3.05) is 44.7 Å². The van der Waals surface area contributed by atoms with Crippen LogP contribution in [-0.2, 0) is 16.0 Å². The molecule has 3 aromatic carbocycles. The van der Waals surface area contributed by atoms with E-state index in [1.807, 2.05) is 36.4 Å². The van der Waals surface area contributed by atoms with E-state index in [1.165, 1.54) is 12.1 Å². The van der Waals surface area contributed by atoms with Crippen LogP contribution in [0, 0.1) is 0 Å². The van der Waals surface area contributed by atoms with Crippen molar-refractivity contribution < 1.29 is 27.4 Å². The second kappa shape index (κ2) is 12.8. The van der Waals surface area contributed by atoms with Gasteiger partial charge in [-0.25, -0.2) is 0 Å². The molecule has 6 nitrogen and oxygen atoms in total. The van der Waals surface area contributed by atoms with E-state index < -0.39 is 6.36 Å². The molecule has 0 aromatic heterocycles. The molecule has 1 aliphatic rings. The number of rotatable bonds is 9. The van der Waals surface area contributed by atoms with Gasteiger partial charge >= 0.3 is 12.3 Å². The fourth-order valence-electron chi connectivity index (χ4n) is 4.37. The van der Waals surface area contributed by atoms with Crippen LogP contribution < -0.4 is 9.64 Å². The van der Waals surface area contributed by atoms with Crippen molar-refractivity contribution in [3.05, 3.63) is 89.5 Å². The largest absolute Gasteiger partial charge is 0.573 e. The highest BCUT2D eigenvalue weighted by molar-refractivity contribution is 6.10. The van der Waals surface area contributed by atoms with Crippen LogP contribution in [-0.4, -0.2) is 62.8 Å². The normalized spacial score (nSPS) is 14.8. The van der Waals surface area contributed by atoms with Crippen LogP contribution in [0.3, 0.4) is 0 Å². The first-order valence-electron chi connectivity index (χ1n) is 12.9. The van der Waals surface area contributed by atoms with E-state index in [0.717, 1.165) is 54.2 Å². The number of alkyl halides is 3. The molecule has 1 saturated heterocycles. The summed E-state index contributed by atoms with van der Waals surface area (Å²) in [6.07, 6.45) is -4.15. The predicted octanol–water partition coefficient (Wildman–Crippen LogP) is 6.00. The van der Waals surface area contributed by atoms with Crippen LogP contribution in [0.5, 0.6) is 5.75 Å². The Bertz CT molecular complexity index is 1250. The fraction of sp³-hybridized carbons (Fsp3) is 0.333. The van der Waals surface area contributed by atoms with Crippen LogP contribution in [0.2, 0.25) is 0 Å². The molecule has 9 heteroatoms. The van der Waals surface area contributed by atoms with Crippen LogP contribution >= 0.6 is 0 Å². The lowest BCUT2D eigenvalue weighted by Gasteiger charge is -2.34. The number of aliphatic imine (C=N–C) groups is 1. The smallest absolute Gasteiger partial charge is 0.466 e. The Kier molecular flexibility index (Phi) is 9.24. The Morgan fingerprint density at radius 2 is 1.46 bits per heavy atom. The summed E-state index contributed by atoms with van der Waals surface area (Å²) in [6, 6.07) is 21.5. The highest BCUT2D eigenvalue weighted by Crippen LogP contribution is 2.25. The number of carbonyl (C=O) groups is 1. The second-order valence-electron chi connectivity index (χ2n) is 9.41. The Morgan fingerprint density at radius 1 is 0.872 bits per heavy atom. The zero-order valence-corrected chi connectivity index (χ0v) is 22.1. The third-order valence-electron chi connectivity index (χ3n) is 6.45. The molecule has 0 saturated carbocycles. The lowest BCUT2D eigenvalue weighted by atomic mass is 10.0. The SMILES string of the molecule is CCOC(=O)CC(=Nc1ccc(N2CCN(C)CC2)cc1)c1ccc(Cc2ccc(OC(F)(F)F)cc2)cc1. The van der Waals surface area contributed by atoms with E-state index in [0.29, 0.717) is 12.1 Å². The van der Waals surface area contributed by atoms with Gasteiger partial charge in [0.05, 0.1) is 24.4 Å². The summed E-state index contributed by atoms with van der Waals surface area (Å²) < 4.78 is 46.3. The summed E-state index contributed by atoms with van der Waals surface area (Å²) in [5, 5.41) is 0. The van der Waals surface area contributed by atoms with Crippen molar-refractivity contribution in [2.24, 2.45) is 4.99 Å². The van der Waals surface area contributed by atoms with Gasteiger partial charge in [-0.15, -0.1) is 13.2 Å². The Morgan fingerprint density at radius 3 is 2.03 bits per heavy atom. The molecule has 0 amide bonds. The number of ether oxygens (including phenoxy) is 2. The van der Waals surface area contributed by atoms with Crippen LogP contribution in [0.4, 0.5) is 24.5 Å². The molecular weight excluding hydrogens is 507 g/mol. The molecule has 0 unspecified atom stereocenters. The third-order valence-corrected chi connectivity index (χ3v) is 6.45. The number of carbonyl (C=O) groups excluding carboxylic acids is 1. The van der Waals surface area contributed by atoms with Gasteiger partial charge < -0.3 is 19.3 Å². The summed E-state index contributed by atoms with van der Waals surface area (Å²) in [6.45, 7) is 6.06. The summed E-state index contributed by atoms with van der Waals surface area (Å²) >= 11 is 0. The van der Waals surface area contributed by atoms with E-state index >= 15 is 0 Å². The molecule has 0 N–H and O–H groups in total. The van der Waals surface area contributed by atoms with Crippen molar-refractivity contribution in [1.29, 1.82) is 0 Å². The van der Waals surface area contributed by atoms with Crippen molar-refractivity contribution >= 4 is 23.1 Å². The molecule has 0 spiro atoms. The molecule has 0 aliphatic carbocycles. The maximum Gasteiger partial charge on any atom is 0.573 e. The molecular formula is C30H32F3N3O3. The number of benzene rings is 3. The molecule has 1 heterocycles. The van der Waals surface area contributed by atoms with Gasteiger partial charge in [-0.05, 0) is 73.5 Å². The number of esters is 1. The van der Waals surface area contributed by atoms with Crippen molar-refractivity contribution in [2.45, 2.75) is 26.1 Å². The molecule has 1 fully saturated rings. The Labute approximate surface area is 226 Å². The number of piperazine rings is 1. The summed E-state index contributed by atoms with van der Waals surface area (Å²) in [7, 11) is 2.13. The van der Waals surface area contributed by atoms with Crippen LogP contribution in [0.15, 0.2) is 77.8 Å². The van der Waals surface area contributed by atoms with Gasteiger partial charge in [0.25, 0.3) is 0 Å². The van der Waals surface area contributed by atoms with Gasteiger partial charge in [0.2, 0.25) is 0 Å². The van der Waals surface area contributed by atoms with Gasteiger partial charge in [0, 0.05) is 31.9 Å². The Balaban J connectivity index is 1.48. The van der Waals surface area contributed by atoms with Crippen molar-refractivity contribution in [3.8, 4) is 5.75 Å². The molecule has 39 heavy (non-hydrogen) atoms.